The summed E-state index contributed by atoms with van der Waals surface area (Å²) in [6, 6.07) is 12.7. The van der Waals surface area contributed by atoms with Gasteiger partial charge in [0.25, 0.3) is 5.91 Å². The van der Waals surface area contributed by atoms with Crippen LogP contribution < -0.4 is 4.90 Å². The first-order chi connectivity index (χ1) is 12.9. The van der Waals surface area contributed by atoms with Crippen LogP contribution in [0.25, 0.3) is 0 Å². The van der Waals surface area contributed by atoms with Gasteiger partial charge in [0.2, 0.25) is 0 Å². The number of anilines is 1. The number of likely N-dealkylation sites (tertiary alicyclic amines) is 1. The third kappa shape index (κ3) is 3.20. The van der Waals surface area contributed by atoms with Crippen molar-refractivity contribution in [3.05, 3.63) is 59.7 Å². The van der Waals surface area contributed by atoms with E-state index in [9.17, 15) is 9.18 Å². The zero-order valence-corrected chi connectivity index (χ0v) is 16.2. The fourth-order valence-corrected chi connectivity index (χ4v) is 4.85. The van der Waals surface area contributed by atoms with Gasteiger partial charge in [-0.15, -0.1) is 0 Å². The van der Waals surface area contributed by atoms with E-state index in [2.05, 4.69) is 23.7 Å². The molecule has 0 unspecified atom stereocenters. The molecule has 142 valence electrons. The molecular formula is C22H26FN3O. The summed E-state index contributed by atoms with van der Waals surface area (Å²) < 4.78 is 13.4. The van der Waals surface area contributed by atoms with Gasteiger partial charge in [0, 0.05) is 23.5 Å². The van der Waals surface area contributed by atoms with E-state index < -0.39 is 0 Å². The second-order valence-corrected chi connectivity index (χ2v) is 8.30. The third-order valence-electron chi connectivity index (χ3n) is 5.91. The molecule has 0 bridgehead atoms. The molecule has 2 fully saturated rings. The molecule has 0 N–H and O–H groups in total. The molecule has 27 heavy (non-hydrogen) atoms. The van der Waals surface area contributed by atoms with Crippen molar-refractivity contribution in [2.24, 2.45) is 0 Å². The van der Waals surface area contributed by atoms with Gasteiger partial charge >= 0.3 is 0 Å². The standard InChI is InChI=1S/C22H26FN3O/c1-15-6-4-7-18(24-15)21(27)25-13-5-8-19-20(25)14-22(2,3)26(19)17-11-9-16(23)10-12-17/h4,6-7,9-12,19-20H,5,8,13-14H2,1-3H3/t19-,20-/m0/s1. The molecule has 2 aliphatic heterocycles. The second kappa shape index (κ2) is 6.63. The molecule has 2 atom stereocenters. The van der Waals surface area contributed by atoms with Gasteiger partial charge in [0.05, 0.1) is 12.1 Å². The number of halogens is 1. The zero-order valence-electron chi connectivity index (χ0n) is 16.2. The van der Waals surface area contributed by atoms with Crippen LogP contribution in [0.2, 0.25) is 0 Å². The third-order valence-corrected chi connectivity index (χ3v) is 5.91. The Balaban J connectivity index is 1.66. The highest BCUT2D eigenvalue weighted by Gasteiger charge is 2.50. The second-order valence-electron chi connectivity index (χ2n) is 8.30. The van der Waals surface area contributed by atoms with Gasteiger partial charge in [-0.3, -0.25) is 4.79 Å². The lowest BCUT2D eigenvalue weighted by Crippen LogP contribution is -2.53. The van der Waals surface area contributed by atoms with Crippen molar-refractivity contribution in [2.45, 2.75) is 57.7 Å². The van der Waals surface area contributed by atoms with E-state index in [1.54, 1.807) is 6.07 Å². The van der Waals surface area contributed by atoms with Crippen LogP contribution in [0.3, 0.4) is 0 Å². The van der Waals surface area contributed by atoms with Crippen molar-refractivity contribution >= 4 is 11.6 Å². The van der Waals surface area contributed by atoms with Crippen LogP contribution in [0.5, 0.6) is 0 Å². The average Bonchev–Trinajstić information content (AvgIpc) is 2.91. The molecule has 0 saturated carbocycles. The van der Waals surface area contributed by atoms with Gasteiger partial charge in [-0.1, -0.05) is 6.07 Å². The Morgan fingerprint density at radius 3 is 2.59 bits per heavy atom. The van der Waals surface area contributed by atoms with Crippen LogP contribution in [-0.2, 0) is 0 Å². The maximum atomic E-state index is 13.4. The summed E-state index contributed by atoms with van der Waals surface area (Å²) >= 11 is 0. The topological polar surface area (TPSA) is 36.4 Å². The van der Waals surface area contributed by atoms with E-state index in [1.165, 1.54) is 12.1 Å². The minimum atomic E-state index is -0.224. The normalized spacial score (nSPS) is 24.0. The van der Waals surface area contributed by atoms with Crippen LogP contribution in [0.4, 0.5) is 10.1 Å². The lowest BCUT2D eigenvalue weighted by atomic mass is 9.93. The molecule has 1 aromatic heterocycles. The lowest BCUT2D eigenvalue weighted by Gasteiger charge is -2.42. The molecule has 1 amide bonds. The molecule has 1 aromatic carbocycles. The van der Waals surface area contributed by atoms with Crippen LogP contribution in [0.15, 0.2) is 42.5 Å². The number of aromatic nitrogens is 1. The highest BCUT2D eigenvalue weighted by molar-refractivity contribution is 5.92. The fourth-order valence-electron chi connectivity index (χ4n) is 4.85. The molecule has 0 spiro atoms. The van der Waals surface area contributed by atoms with E-state index in [0.29, 0.717) is 5.69 Å². The lowest BCUT2D eigenvalue weighted by molar-refractivity contribution is 0.0599. The number of amides is 1. The molecule has 4 nitrogen and oxygen atoms in total. The van der Waals surface area contributed by atoms with Gasteiger partial charge in [-0.05, 0) is 76.4 Å². The first-order valence-corrected chi connectivity index (χ1v) is 9.66. The molecule has 0 radical (unpaired) electrons. The van der Waals surface area contributed by atoms with E-state index in [-0.39, 0.29) is 29.3 Å². The zero-order chi connectivity index (χ0) is 19.2. The highest BCUT2D eigenvalue weighted by Crippen LogP contribution is 2.43. The maximum Gasteiger partial charge on any atom is 0.272 e. The summed E-state index contributed by atoms with van der Waals surface area (Å²) in [5.74, 6) is -0.205. The molecule has 2 aromatic rings. The summed E-state index contributed by atoms with van der Waals surface area (Å²) in [5, 5.41) is 0. The number of nitrogens with zero attached hydrogens (tertiary/aromatic N) is 3. The number of carbonyl (C=O) groups is 1. The molecule has 3 heterocycles. The number of benzene rings is 1. The summed E-state index contributed by atoms with van der Waals surface area (Å²) in [6.45, 7) is 7.10. The van der Waals surface area contributed by atoms with Gasteiger partial charge in [-0.25, -0.2) is 9.37 Å². The Labute approximate surface area is 160 Å². The average molecular weight is 367 g/mol. The van der Waals surface area contributed by atoms with Crippen molar-refractivity contribution in [3.63, 3.8) is 0 Å². The Morgan fingerprint density at radius 2 is 1.89 bits per heavy atom. The van der Waals surface area contributed by atoms with Crippen molar-refractivity contribution < 1.29 is 9.18 Å². The minimum Gasteiger partial charge on any atom is -0.361 e. The Hall–Kier alpha value is -2.43. The number of carbonyl (C=O) groups excluding carboxylic acids is 1. The van der Waals surface area contributed by atoms with Gasteiger partial charge < -0.3 is 9.80 Å². The minimum absolute atomic E-state index is 0.0187. The number of piperidine rings is 1. The van der Waals surface area contributed by atoms with E-state index in [1.807, 2.05) is 36.1 Å². The monoisotopic (exact) mass is 367 g/mol. The van der Waals surface area contributed by atoms with Crippen LogP contribution in [-0.4, -0.2) is 40.0 Å². The first-order valence-electron chi connectivity index (χ1n) is 9.66. The summed E-state index contributed by atoms with van der Waals surface area (Å²) in [6.07, 6.45) is 2.90. The largest absolute Gasteiger partial charge is 0.361 e. The maximum absolute atomic E-state index is 13.4. The number of fused-ring (bicyclic) bond motifs is 1. The molecule has 2 saturated heterocycles. The Morgan fingerprint density at radius 1 is 1.15 bits per heavy atom. The molecule has 0 aliphatic carbocycles. The Kier molecular flexibility index (Phi) is 4.41. The Bertz CT molecular complexity index is 849. The fraction of sp³-hybridized carbons (Fsp3) is 0.455. The van der Waals surface area contributed by atoms with Gasteiger partial charge in [0.1, 0.15) is 11.5 Å². The highest BCUT2D eigenvalue weighted by atomic mass is 19.1. The summed E-state index contributed by atoms with van der Waals surface area (Å²) in [7, 11) is 0. The number of pyridine rings is 1. The molecule has 5 heteroatoms. The van der Waals surface area contributed by atoms with Crippen LogP contribution >= 0.6 is 0 Å². The van der Waals surface area contributed by atoms with Gasteiger partial charge in [0.15, 0.2) is 0 Å². The van der Waals surface area contributed by atoms with E-state index >= 15 is 0 Å². The predicted octanol–water partition coefficient (Wildman–Crippen LogP) is 4.19. The van der Waals surface area contributed by atoms with E-state index in [4.69, 9.17) is 0 Å². The first kappa shape index (κ1) is 18.0. The van der Waals surface area contributed by atoms with Crippen LogP contribution in [0.1, 0.15) is 49.3 Å². The van der Waals surface area contributed by atoms with Crippen molar-refractivity contribution in [2.75, 3.05) is 11.4 Å². The molecule has 2 aliphatic rings. The summed E-state index contributed by atoms with van der Waals surface area (Å²) in [5.41, 5.74) is 2.30. The quantitative estimate of drug-likeness (QED) is 0.798. The molecular weight excluding hydrogens is 341 g/mol. The number of aryl methyl sites for hydroxylation is 1. The number of hydrogen-bond donors (Lipinski definition) is 0. The molecule has 4 rings (SSSR count). The van der Waals surface area contributed by atoms with Crippen LogP contribution in [0, 0.1) is 12.7 Å². The van der Waals surface area contributed by atoms with Crippen molar-refractivity contribution in [3.8, 4) is 0 Å². The van der Waals surface area contributed by atoms with Crippen molar-refractivity contribution in [1.29, 1.82) is 0 Å². The number of hydrogen-bond acceptors (Lipinski definition) is 3. The number of rotatable bonds is 2. The predicted molar refractivity (Wildman–Crippen MR) is 104 cm³/mol. The van der Waals surface area contributed by atoms with Gasteiger partial charge in [-0.2, -0.15) is 0 Å². The summed E-state index contributed by atoms with van der Waals surface area (Å²) in [4.78, 5) is 22.0. The smallest absolute Gasteiger partial charge is 0.272 e. The SMILES string of the molecule is Cc1cccc(C(=O)N2CCC[C@H]3[C@@H]2CC(C)(C)N3c2ccc(F)cc2)n1. The van der Waals surface area contributed by atoms with E-state index in [0.717, 1.165) is 37.2 Å². The van der Waals surface area contributed by atoms with Crippen molar-refractivity contribution in [1.82, 2.24) is 9.88 Å².